The van der Waals surface area contributed by atoms with E-state index in [9.17, 15) is 5.11 Å². The number of anilines is 1. The first-order chi connectivity index (χ1) is 7.67. The number of hydrogen-bond donors (Lipinski definition) is 2. The first-order valence-electron chi connectivity index (χ1n) is 5.60. The summed E-state index contributed by atoms with van der Waals surface area (Å²) in [6.07, 6.45) is 1.39. The van der Waals surface area contributed by atoms with Gasteiger partial charge in [-0.1, -0.05) is 19.4 Å². The fourth-order valence-electron chi connectivity index (χ4n) is 1.56. The SMILES string of the molecule is CCCC(O)CNc1cc(C)ccc1C#N. The third kappa shape index (κ3) is 3.56. The van der Waals surface area contributed by atoms with Crippen LogP contribution in [0.15, 0.2) is 18.2 Å². The maximum absolute atomic E-state index is 9.60. The summed E-state index contributed by atoms with van der Waals surface area (Å²) >= 11 is 0. The van der Waals surface area contributed by atoms with Crippen LogP contribution in [-0.4, -0.2) is 17.8 Å². The summed E-state index contributed by atoms with van der Waals surface area (Å²) in [5.41, 5.74) is 2.53. The molecule has 0 aliphatic rings. The molecule has 0 bridgehead atoms. The van der Waals surface area contributed by atoms with E-state index in [0.29, 0.717) is 12.1 Å². The maximum atomic E-state index is 9.60. The van der Waals surface area contributed by atoms with Crippen LogP contribution in [0.25, 0.3) is 0 Å². The van der Waals surface area contributed by atoms with Crippen molar-refractivity contribution < 1.29 is 5.11 Å². The molecule has 0 aliphatic heterocycles. The number of aryl methyl sites for hydroxylation is 1. The minimum atomic E-state index is -0.350. The second-order valence-electron chi connectivity index (χ2n) is 3.98. The van der Waals surface area contributed by atoms with Crippen LogP contribution in [0.1, 0.15) is 30.9 Å². The molecule has 0 aliphatic carbocycles. The molecule has 1 unspecified atom stereocenters. The molecule has 3 nitrogen and oxygen atoms in total. The highest BCUT2D eigenvalue weighted by atomic mass is 16.3. The van der Waals surface area contributed by atoms with Gasteiger partial charge >= 0.3 is 0 Å². The van der Waals surface area contributed by atoms with Crippen molar-refractivity contribution in [3.63, 3.8) is 0 Å². The van der Waals surface area contributed by atoms with E-state index < -0.39 is 0 Å². The van der Waals surface area contributed by atoms with E-state index in [1.807, 2.05) is 26.0 Å². The third-order valence-electron chi connectivity index (χ3n) is 2.45. The summed E-state index contributed by atoms with van der Waals surface area (Å²) in [5.74, 6) is 0. The number of benzene rings is 1. The van der Waals surface area contributed by atoms with Gasteiger partial charge in [-0.25, -0.2) is 0 Å². The zero-order valence-corrected chi connectivity index (χ0v) is 9.83. The second-order valence-corrected chi connectivity index (χ2v) is 3.98. The van der Waals surface area contributed by atoms with Gasteiger partial charge in [-0.05, 0) is 31.0 Å². The van der Waals surface area contributed by atoms with Crippen molar-refractivity contribution in [3.05, 3.63) is 29.3 Å². The Hall–Kier alpha value is -1.53. The standard InChI is InChI=1S/C13H18N2O/c1-3-4-12(16)9-15-13-7-10(2)5-6-11(13)8-14/h5-7,12,15-16H,3-4,9H2,1-2H3. The Morgan fingerprint density at radius 3 is 2.88 bits per heavy atom. The Morgan fingerprint density at radius 1 is 1.50 bits per heavy atom. The Morgan fingerprint density at radius 2 is 2.25 bits per heavy atom. The lowest BCUT2D eigenvalue weighted by Crippen LogP contribution is -2.19. The van der Waals surface area contributed by atoms with E-state index in [1.54, 1.807) is 6.07 Å². The molecule has 0 radical (unpaired) electrons. The smallest absolute Gasteiger partial charge is 0.101 e. The molecule has 0 spiro atoms. The number of aliphatic hydroxyl groups is 1. The predicted octanol–water partition coefficient (Wildman–Crippen LogP) is 2.44. The molecule has 0 saturated heterocycles. The van der Waals surface area contributed by atoms with Crippen LogP contribution in [0.5, 0.6) is 0 Å². The van der Waals surface area contributed by atoms with E-state index >= 15 is 0 Å². The van der Waals surface area contributed by atoms with E-state index in [0.717, 1.165) is 24.1 Å². The highest BCUT2D eigenvalue weighted by molar-refractivity contribution is 5.58. The van der Waals surface area contributed by atoms with Gasteiger partial charge in [0.05, 0.1) is 17.4 Å². The molecule has 0 fully saturated rings. The van der Waals surface area contributed by atoms with Crippen LogP contribution in [-0.2, 0) is 0 Å². The zero-order chi connectivity index (χ0) is 12.0. The number of hydrogen-bond acceptors (Lipinski definition) is 3. The normalized spacial score (nSPS) is 11.9. The van der Waals surface area contributed by atoms with Crippen molar-refractivity contribution in [2.45, 2.75) is 32.8 Å². The molecule has 86 valence electrons. The predicted molar refractivity (Wildman–Crippen MR) is 65.3 cm³/mol. The first-order valence-corrected chi connectivity index (χ1v) is 5.60. The molecule has 1 aromatic rings. The van der Waals surface area contributed by atoms with E-state index in [2.05, 4.69) is 11.4 Å². The van der Waals surface area contributed by atoms with E-state index in [4.69, 9.17) is 5.26 Å². The summed E-state index contributed by atoms with van der Waals surface area (Å²) < 4.78 is 0. The third-order valence-corrected chi connectivity index (χ3v) is 2.45. The van der Waals surface area contributed by atoms with Crippen LogP contribution in [0, 0.1) is 18.3 Å². The van der Waals surface area contributed by atoms with Gasteiger partial charge in [0.25, 0.3) is 0 Å². The molecule has 1 rings (SSSR count). The highest BCUT2D eigenvalue weighted by Crippen LogP contribution is 2.16. The lowest BCUT2D eigenvalue weighted by Gasteiger charge is -2.13. The quantitative estimate of drug-likeness (QED) is 0.798. The van der Waals surface area contributed by atoms with Crippen LogP contribution in [0.3, 0.4) is 0 Å². The van der Waals surface area contributed by atoms with Gasteiger partial charge in [0.1, 0.15) is 6.07 Å². The van der Waals surface area contributed by atoms with Gasteiger partial charge < -0.3 is 10.4 Å². The molecule has 0 heterocycles. The van der Waals surface area contributed by atoms with Crippen LogP contribution >= 0.6 is 0 Å². The lowest BCUT2D eigenvalue weighted by molar-refractivity contribution is 0.176. The van der Waals surface area contributed by atoms with Gasteiger partial charge in [-0.2, -0.15) is 5.26 Å². The average Bonchev–Trinajstić information content (AvgIpc) is 2.27. The summed E-state index contributed by atoms with van der Waals surface area (Å²) in [6.45, 7) is 4.51. The Labute approximate surface area is 96.7 Å². The molecule has 0 saturated carbocycles. The lowest BCUT2D eigenvalue weighted by atomic mass is 10.1. The van der Waals surface area contributed by atoms with Gasteiger partial charge in [-0.3, -0.25) is 0 Å². The zero-order valence-electron chi connectivity index (χ0n) is 9.83. The van der Waals surface area contributed by atoms with Crippen molar-refractivity contribution in [2.24, 2.45) is 0 Å². The second kappa shape index (κ2) is 6.14. The summed E-state index contributed by atoms with van der Waals surface area (Å²) in [4.78, 5) is 0. The average molecular weight is 218 g/mol. The molecule has 16 heavy (non-hydrogen) atoms. The van der Waals surface area contributed by atoms with Gasteiger partial charge in [0, 0.05) is 6.54 Å². The van der Waals surface area contributed by atoms with Gasteiger partial charge in [0.15, 0.2) is 0 Å². The number of nitriles is 1. The first kappa shape index (κ1) is 12.5. The van der Waals surface area contributed by atoms with Gasteiger partial charge in [0.2, 0.25) is 0 Å². The van der Waals surface area contributed by atoms with Gasteiger partial charge in [-0.15, -0.1) is 0 Å². The number of rotatable bonds is 5. The molecule has 2 N–H and O–H groups in total. The van der Waals surface area contributed by atoms with Crippen molar-refractivity contribution in [1.29, 1.82) is 5.26 Å². The maximum Gasteiger partial charge on any atom is 0.101 e. The van der Waals surface area contributed by atoms with Crippen molar-refractivity contribution in [1.82, 2.24) is 0 Å². The van der Waals surface area contributed by atoms with Crippen LogP contribution in [0.2, 0.25) is 0 Å². The Bertz CT molecular complexity index is 382. The molecule has 0 amide bonds. The molecular formula is C13H18N2O. The summed E-state index contributed by atoms with van der Waals surface area (Å²) in [7, 11) is 0. The van der Waals surface area contributed by atoms with Crippen molar-refractivity contribution in [2.75, 3.05) is 11.9 Å². The number of nitrogens with one attached hydrogen (secondary N) is 1. The number of aliphatic hydroxyl groups excluding tert-OH is 1. The molecule has 1 aromatic carbocycles. The Balaban J connectivity index is 2.66. The van der Waals surface area contributed by atoms with Crippen molar-refractivity contribution in [3.8, 4) is 6.07 Å². The van der Waals surface area contributed by atoms with Crippen LogP contribution in [0.4, 0.5) is 5.69 Å². The molecule has 0 aromatic heterocycles. The van der Waals surface area contributed by atoms with Crippen LogP contribution < -0.4 is 5.32 Å². The largest absolute Gasteiger partial charge is 0.391 e. The summed E-state index contributed by atoms with van der Waals surface area (Å²) in [5, 5.41) is 21.6. The Kier molecular flexibility index (Phi) is 4.81. The van der Waals surface area contributed by atoms with E-state index in [1.165, 1.54) is 0 Å². The molecule has 1 atom stereocenters. The minimum absolute atomic E-state index is 0.350. The topological polar surface area (TPSA) is 56.0 Å². The fraction of sp³-hybridized carbons (Fsp3) is 0.462. The number of nitrogens with zero attached hydrogens (tertiary/aromatic N) is 1. The fourth-order valence-corrected chi connectivity index (χ4v) is 1.56. The highest BCUT2D eigenvalue weighted by Gasteiger charge is 2.05. The van der Waals surface area contributed by atoms with E-state index in [-0.39, 0.29) is 6.10 Å². The minimum Gasteiger partial charge on any atom is -0.391 e. The molecule has 3 heteroatoms. The summed E-state index contributed by atoms with van der Waals surface area (Å²) in [6, 6.07) is 7.77. The molecular weight excluding hydrogens is 200 g/mol. The van der Waals surface area contributed by atoms with Crippen molar-refractivity contribution >= 4 is 5.69 Å². The monoisotopic (exact) mass is 218 g/mol.